The number of hydrogen-bond donors (Lipinski definition) is 1. The van der Waals surface area contributed by atoms with Gasteiger partial charge in [0.05, 0.1) is 5.92 Å². The van der Waals surface area contributed by atoms with Crippen LogP contribution in [0.2, 0.25) is 0 Å². The number of amides is 1. The average molecular weight is 356 g/mol. The molecule has 20 heavy (non-hydrogen) atoms. The molecule has 2 atom stereocenters. The van der Waals surface area contributed by atoms with Gasteiger partial charge in [0.1, 0.15) is 0 Å². The summed E-state index contributed by atoms with van der Waals surface area (Å²) in [5.41, 5.74) is 1.18. The summed E-state index contributed by atoms with van der Waals surface area (Å²) in [7, 11) is 0. The van der Waals surface area contributed by atoms with Crippen molar-refractivity contribution in [3.63, 3.8) is 0 Å². The number of hydrogen-bond acceptors (Lipinski definition) is 2. The zero-order chi connectivity index (χ0) is 14.5. The van der Waals surface area contributed by atoms with Crippen molar-refractivity contribution in [3.8, 4) is 0 Å². The summed E-state index contributed by atoms with van der Waals surface area (Å²) in [6.45, 7) is 5.12. The van der Waals surface area contributed by atoms with Crippen LogP contribution in [0.25, 0.3) is 0 Å². The molecule has 0 aliphatic carbocycles. The maximum absolute atomic E-state index is 12.4. The molecule has 0 saturated heterocycles. The number of alkyl halides is 1. The zero-order valence-electron chi connectivity index (χ0n) is 12.1. The highest BCUT2D eigenvalue weighted by molar-refractivity contribution is 9.09. The van der Waals surface area contributed by atoms with Gasteiger partial charge in [-0.3, -0.25) is 4.79 Å². The van der Waals surface area contributed by atoms with Crippen LogP contribution in [0.15, 0.2) is 29.2 Å². The second kappa shape index (κ2) is 7.51. The fourth-order valence-electron chi connectivity index (χ4n) is 2.67. The van der Waals surface area contributed by atoms with Crippen molar-refractivity contribution in [2.75, 3.05) is 12.3 Å². The van der Waals surface area contributed by atoms with E-state index in [1.165, 1.54) is 10.5 Å². The normalized spacial score (nSPS) is 18.9. The number of carbonyl (C=O) groups is 1. The first-order valence-electron chi connectivity index (χ1n) is 7.30. The fraction of sp³-hybridized carbons (Fsp3) is 0.562. The van der Waals surface area contributed by atoms with Gasteiger partial charge < -0.3 is 5.32 Å². The van der Waals surface area contributed by atoms with Crippen LogP contribution < -0.4 is 5.32 Å². The molecule has 0 radical (unpaired) electrons. The molecule has 2 nitrogen and oxygen atoms in total. The molecule has 0 saturated carbocycles. The van der Waals surface area contributed by atoms with E-state index >= 15 is 0 Å². The van der Waals surface area contributed by atoms with Gasteiger partial charge in [-0.2, -0.15) is 0 Å². The van der Waals surface area contributed by atoms with Crippen molar-refractivity contribution in [2.24, 2.45) is 5.92 Å². The minimum absolute atomic E-state index is 0.0117. The maximum atomic E-state index is 12.4. The Bertz CT molecular complexity index is 462. The lowest BCUT2D eigenvalue weighted by Gasteiger charge is -2.21. The van der Waals surface area contributed by atoms with Gasteiger partial charge in [0, 0.05) is 22.0 Å². The Labute approximate surface area is 134 Å². The van der Waals surface area contributed by atoms with E-state index in [-0.39, 0.29) is 11.8 Å². The van der Waals surface area contributed by atoms with E-state index in [2.05, 4.69) is 47.2 Å². The number of rotatable bonds is 6. The monoisotopic (exact) mass is 355 g/mol. The van der Waals surface area contributed by atoms with E-state index in [0.29, 0.717) is 17.3 Å². The predicted molar refractivity (Wildman–Crippen MR) is 89.7 cm³/mol. The van der Waals surface area contributed by atoms with Crippen LogP contribution in [0.3, 0.4) is 0 Å². The van der Waals surface area contributed by atoms with E-state index in [1.807, 2.05) is 12.1 Å². The van der Waals surface area contributed by atoms with Crippen LogP contribution in [0.1, 0.15) is 38.2 Å². The molecule has 1 N–H and O–H groups in total. The van der Waals surface area contributed by atoms with Crippen molar-refractivity contribution in [1.29, 1.82) is 0 Å². The van der Waals surface area contributed by atoms with E-state index in [9.17, 15) is 4.79 Å². The minimum Gasteiger partial charge on any atom is -0.354 e. The second-order valence-corrected chi connectivity index (χ2v) is 7.48. The molecule has 1 aromatic rings. The first kappa shape index (κ1) is 15.9. The number of thioether (sulfide) groups is 1. The summed E-state index contributed by atoms with van der Waals surface area (Å²) in [5.74, 6) is 1.67. The smallest absolute Gasteiger partial charge is 0.228 e. The SMILES string of the molecule is CCC(CC)C(Br)CNC(=O)C1CSc2ccccc21. The Morgan fingerprint density at radius 2 is 2.10 bits per heavy atom. The number of halogens is 1. The number of fused-ring (bicyclic) bond motifs is 1. The van der Waals surface area contributed by atoms with Crippen molar-refractivity contribution >= 4 is 33.6 Å². The minimum atomic E-state index is 0.0117. The summed E-state index contributed by atoms with van der Waals surface area (Å²) in [4.78, 5) is 14.0. The fourth-order valence-corrected chi connectivity index (χ4v) is 4.81. The molecule has 0 fully saturated rings. The molecule has 1 aliphatic heterocycles. The molecule has 2 unspecified atom stereocenters. The Kier molecular flexibility index (Phi) is 5.97. The topological polar surface area (TPSA) is 29.1 Å². The highest BCUT2D eigenvalue weighted by atomic mass is 79.9. The van der Waals surface area contributed by atoms with Crippen molar-refractivity contribution in [3.05, 3.63) is 29.8 Å². The molecule has 0 aromatic heterocycles. The van der Waals surface area contributed by atoms with Crippen LogP contribution >= 0.6 is 27.7 Å². The van der Waals surface area contributed by atoms with E-state index in [0.717, 1.165) is 18.6 Å². The number of nitrogens with one attached hydrogen (secondary N) is 1. The summed E-state index contributed by atoms with van der Waals surface area (Å²) in [6.07, 6.45) is 2.29. The Morgan fingerprint density at radius 1 is 1.40 bits per heavy atom. The summed E-state index contributed by atoms with van der Waals surface area (Å²) in [6, 6.07) is 8.23. The van der Waals surface area contributed by atoms with Gasteiger partial charge in [0.2, 0.25) is 5.91 Å². The highest BCUT2D eigenvalue weighted by Gasteiger charge is 2.29. The lowest BCUT2D eigenvalue weighted by atomic mass is 9.98. The molecule has 4 heteroatoms. The number of carbonyl (C=O) groups excluding carboxylic acids is 1. The zero-order valence-corrected chi connectivity index (χ0v) is 14.5. The third-order valence-electron chi connectivity index (χ3n) is 4.05. The summed E-state index contributed by atoms with van der Waals surface area (Å²) in [5, 5.41) is 3.12. The van der Waals surface area contributed by atoms with Crippen LogP contribution in [0, 0.1) is 5.92 Å². The molecule has 1 aromatic carbocycles. The van der Waals surface area contributed by atoms with Crippen LogP contribution in [0.4, 0.5) is 0 Å². The van der Waals surface area contributed by atoms with Crippen molar-refractivity contribution in [1.82, 2.24) is 5.32 Å². The molecular weight excluding hydrogens is 334 g/mol. The lowest BCUT2D eigenvalue weighted by Crippen LogP contribution is -2.36. The molecule has 1 amide bonds. The largest absolute Gasteiger partial charge is 0.354 e. The molecule has 2 rings (SSSR count). The summed E-state index contributed by atoms with van der Waals surface area (Å²) < 4.78 is 0. The van der Waals surface area contributed by atoms with Gasteiger partial charge in [0.15, 0.2) is 0 Å². The van der Waals surface area contributed by atoms with Gasteiger partial charge >= 0.3 is 0 Å². The van der Waals surface area contributed by atoms with Gasteiger partial charge in [-0.25, -0.2) is 0 Å². The van der Waals surface area contributed by atoms with Gasteiger partial charge in [-0.15, -0.1) is 11.8 Å². The molecular formula is C16H22BrNOS. The second-order valence-electron chi connectivity index (χ2n) is 5.24. The first-order valence-corrected chi connectivity index (χ1v) is 9.21. The third kappa shape index (κ3) is 3.59. The predicted octanol–water partition coefficient (Wildman–Crippen LogP) is 4.19. The van der Waals surface area contributed by atoms with E-state index < -0.39 is 0 Å². The van der Waals surface area contributed by atoms with Crippen molar-refractivity contribution < 1.29 is 4.79 Å². The van der Waals surface area contributed by atoms with E-state index in [1.54, 1.807) is 11.8 Å². The van der Waals surface area contributed by atoms with Crippen LogP contribution in [0.5, 0.6) is 0 Å². The van der Waals surface area contributed by atoms with Crippen LogP contribution in [-0.2, 0) is 4.79 Å². The Morgan fingerprint density at radius 3 is 2.80 bits per heavy atom. The molecule has 1 heterocycles. The summed E-state index contributed by atoms with van der Waals surface area (Å²) >= 11 is 5.49. The van der Waals surface area contributed by atoms with Gasteiger partial charge in [-0.1, -0.05) is 60.8 Å². The van der Waals surface area contributed by atoms with Gasteiger partial charge in [-0.05, 0) is 17.5 Å². The first-order chi connectivity index (χ1) is 9.67. The third-order valence-corrected chi connectivity index (χ3v) is 6.30. The quantitative estimate of drug-likeness (QED) is 0.775. The van der Waals surface area contributed by atoms with Crippen LogP contribution in [-0.4, -0.2) is 23.0 Å². The molecule has 0 spiro atoms. The number of benzene rings is 1. The average Bonchev–Trinajstić information content (AvgIpc) is 2.90. The van der Waals surface area contributed by atoms with E-state index in [4.69, 9.17) is 0 Å². The molecule has 1 aliphatic rings. The Hall–Kier alpha value is -0.480. The molecule has 0 bridgehead atoms. The highest BCUT2D eigenvalue weighted by Crippen LogP contribution is 2.39. The van der Waals surface area contributed by atoms with Crippen molar-refractivity contribution in [2.45, 2.75) is 42.3 Å². The lowest BCUT2D eigenvalue weighted by molar-refractivity contribution is -0.122. The molecule has 110 valence electrons. The standard InChI is InChI=1S/C16H22BrNOS/c1-3-11(4-2)14(17)9-18-16(19)13-10-20-15-8-6-5-7-12(13)15/h5-8,11,13-14H,3-4,9-10H2,1-2H3,(H,18,19). The van der Waals surface area contributed by atoms with Gasteiger partial charge in [0.25, 0.3) is 0 Å². The Balaban J connectivity index is 1.91. The maximum Gasteiger partial charge on any atom is 0.228 e.